The highest BCUT2D eigenvalue weighted by atomic mass is 35.5. The number of benzene rings is 2. The van der Waals surface area contributed by atoms with Crippen LogP contribution in [0.25, 0.3) is 0 Å². The lowest BCUT2D eigenvalue weighted by molar-refractivity contribution is -0.124. The van der Waals surface area contributed by atoms with Gasteiger partial charge in [-0.05, 0) is 48.0 Å². The Balaban J connectivity index is 1.56. The van der Waals surface area contributed by atoms with Crippen LogP contribution in [0.15, 0.2) is 59.0 Å². The van der Waals surface area contributed by atoms with Crippen molar-refractivity contribution in [2.75, 3.05) is 25.0 Å². The fraction of sp³-hybridized carbons (Fsp3) is 0.231. The van der Waals surface area contributed by atoms with Gasteiger partial charge in [0.05, 0.1) is 23.9 Å². The van der Waals surface area contributed by atoms with Gasteiger partial charge in [0.15, 0.2) is 0 Å². The van der Waals surface area contributed by atoms with Crippen molar-refractivity contribution in [3.63, 3.8) is 0 Å². The highest BCUT2D eigenvalue weighted by Gasteiger charge is 2.64. The zero-order chi connectivity index (χ0) is 26.5. The summed E-state index contributed by atoms with van der Waals surface area (Å²) in [4.78, 5) is 43.4. The molecule has 0 aliphatic carbocycles. The number of likely N-dealkylation sites (tertiary alicyclic amines) is 1. The van der Waals surface area contributed by atoms with Crippen molar-refractivity contribution in [3.8, 4) is 6.07 Å². The molecule has 37 heavy (non-hydrogen) atoms. The molecule has 0 saturated carbocycles. The molecule has 0 unspecified atom stereocenters. The number of nitrogens with zero attached hydrogens (tertiary/aromatic N) is 4. The van der Waals surface area contributed by atoms with Crippen molar-refractivity contribution in [3.05, 3.63) is 87.3 Å². The van der Waals surface area contributed by atoms with Gasteiger partial charge in [0.25, 0.3) is 5.91 Å². The Labute approximate surface area is 222 Å². The quantitative estimate of drug-likeness (QED) is 0.471. The number of hydrogen-bond donors (Lipinski definition) is 1. The van der Waals surface area contributed by atoms with Crippen LogP contribution in [0.5, 0.6) is 0 Å². The molecule has 11 heteroatoms. The third-order valence-corrected chi connectivity index (χ3v) is 7.37. The van der Waals surface area contributed by atoms with E-state index >= 15 is 0 Å². The van der Waals surface area contributed by atoms with Crippen LogP contribution in [-0.2, 0) is 11.3 Å². The first-order valence-electron chi connectivity index (χ1n) is 11.3. The minimum absolute atomic E-state index is 0.173. The van der Waals surface area contributed by atoms with Gasteiger partial charge in [0.1, 0.15) is 11.3 Å². The SMILES string of the molecule is CN1C(=O)N(c2cc(Cl)cc(Cl)c2)C(=O)[C@]12CN(Cc1ccc(C(=O)O)o1)C[C@H]2c1ccc(C#N)cc1. The van der Waals surface area contributed by atoms with E-state index in [1.807, 2.05) is 4.90 Å². The average molecular weight is 539 g/mol. The Morgan fingerprint density at radius 3 is 2.41 bits per heavy atom. The third kappa shape index (κ3) is 4.13. The number of anilines is 1. The van der Waals surface area contributed by atoms with Crippen LogP contribution in [0.1, 0.15) is 33.4 Å². The number of aromatic carboxylic acids is 1. The van der Waals surface area contributed by atoms with E-state index in [9.17, 15) is 24.8 Å². The van der Waals surface area contributed by atoms with Crippen LogP contribution in [0.4, 0.5) is 10.5 Å². The number of urea groups is 1. The van der Waals surface area contributed by atoms with Gasteiger partial charge >= 0.3 is 12.0 Å². The summed E-state index contributed by atoms with van der Waals surface area (Å²) in [7, 11) is 1.59. The largest absolute Gasteiger partial charge is 0.475 e. The van der Waals surface area contributed by atoms with Gasteiger partial charge in [-0.1, -0.05) is 35.3 Å². The number of carbonyl (C=O) groups excluding carboxylic acids is 2. The zero-order valence-electron chi connectivity index (χ0n) is 19.5. The molecule has 1 aromatic heterocycles. The van der Waals surface area contributed by atoms with Crippen molar-refractivity contribution >= 4 is 46.8 Å². The van der Waals surface area contributed by atoms with E-state index in [2.05, 4.69) is 6.07 Å². The van der Waals surface area contributed by atoms with Crippen LogP contribution in [0.2, 0.25) is 10.0 Å². The average Bonchev–Trinajstić information content (AvgIpc) is 3.53. The number of likely N-dealkylation sites (N-methyl/N-ethyl adjacent to an activating group) is 1. The summed E-state index contributed by atoms with van der Waals surface area (Å²) in [6.45, 7) is 0.787. The van der Waals surface area contributed by atoms with Gasteiger partial charge < -0.3 is 14.4 Å². The van der Waals surface area contributed by atoms with Crippen molar-refractivity contribution in [1.29, 1.82) is 5.26 Å². The minimum atomic E-state index is -1.28. The second kappa shape index (κ2) is 9.23. The summed E-state index contributed by atoms with van der Waals surface area (Å²) in [6, 6.07) is 16.0. The second-order valence-corrected chi connectivity index (χ2v) is 9.93. The molecule has 0 radical (unpaired) electrons. The molecule has 2 aliphatic heterocycles. The van der Waals surface area contributed by atoms with Crippen LogP contribution in [-0.4, -0.2) is 58.5 Å². The van der Waals surface area contributed by atoms with Gasteiger partial charge in [-0.15, -0.1) is 0 Å². The van der Waals surface area contributed by atoms with E-state index < -0.39 is 29.4 Å². The second-order valence-electron chi connectivity index (χ2n) is 9.06. The van der Waals surface area contributed by atoms with E-state index in [0.717, 1.165) is 10.5 Å². The Hall–Kier alpha value is -3.84. The molecular formula is C26H20Cl2N4O5. The molecule has 1 N–H and O–H groups in total. The molecule has 2 aromatic carbocycles. The van der Waals surface area contributed by atoms with Gasteiger partial charge in [-0.2, -0.15) is 5.26 Å². The number of furan rings is 1. The molecule has 9 nitrogen and oxygen atoms in total. The number of hydrogen-bond acceptors (Lipinski definition) is 6. The van der Waals surface area contributed by atoms with E-state index in [4.69, 9.17) is 27.6 Å². The lowest BCUT2D eigenvalue weighted by Gasteiger charge is -2.34. The Bertz CT molecular complexity index is 1440. The summed E-state index contributed by atoms with van der Waals surface area (Å²) >= 11 is 12.3. The van der Waals surface area contributed by atoms with Gasteiger partial charge in [0.2, 0.25) is 5.76 Å². The summed E-state index contributed by atoms with van der Waals surface area (Å²) < 4.78 is 5.44. The maximum Gasteiger partial charge on any atom is 0.371 e. The fourth-order valence-electron chi connectivity index (χ4n) is 5.21. The molecule has 2 saturated heterocycles. The standard InChI is InChI=1S/C26H20Cl2N4O5/c1-30-25(36)32(19-9-17(27)8-18(28)10-19)24(35)26(30)14-31(12-20-6-7-22(37-20)23(33)34)13-21(26)16-4-2-15(11-29)3-5-16/h2-10,21H,12-14H2,1H3,(H,33,34)/t21-,26+/m0/s1. The predicted octanol–water partition coefficient (Wildman–Crippen LogP) is 4.59. The highest BCUT2D eigenvalue weighted by molar-refractivity contribution is 6.35. The number of carbonyl (C=O) groups is 3. The van der Waals surface area contributed by atoms with E-state index in [1.54, 1.807) is 37.4 Å². The molecule has 5 rings (SSSR count). The maximum atomic E-state index is 14.2. The minimum Gasteiger partial charge on any atom is -0.475 e. The molecule has 2 atom stereocenters. The first-order valence-corrected chi connectivity index (χ1v) is 12.0. The summed E-state index contributed by atoms with van der Waals surface area (Å²) in [5, 5.41) is 19.0. The first kappa shape index (κ1) is 24.8. The molecule has 1 spiro atoms. The molecule has 2 fully saturated rings. The molecule has 0 bridgehead atoms. The summed E-state index contributed by atoms with van der Waals surface area (Å²) in [5.74, 6) is -1.81. The third-order valence-electron chi connectivity index (χ3n) is 6.93. The van der Waals surface area contributed by atoms with Gasteiger partial charge in [-0.25, -0.2) is 14.5 Å². The molecule has 2 aliphatic rings. The van der Waals surface area contributed by atoms with E-state index in [-0.39, 0.29) is 34.6 Å². The molecule has 188 valence electrons. The predicted molar refractivity (Wildman–Crippen MR) is 135 cm³/mol. The first-order chi connectivity index (χ1) is 17.6. The number of carboxylic acids is 1. The maximum absolute atomic E-state index is 14.2. The Morgan fingerprint density at radius 2 is 1.81 bits per heavy atom. The van der Waals surface area contributed by atoms with Gasteiger partial charge in [0, 0.05) is 36.1 Å². The number of nitriles is 1. The van der Waals surface area contributed by atoms with Crippen LogP contribution < -0.4 is 4.90 Å². The number of carboxylic acid groups (broad SMARTS) is 1. The number of amides is 3. The monoisotopic (exact) mass is 538 g/mol. The lowest BCUT2D eigenvalue weighted by Crippen LogP contribution is -2.53. The van der Waals surface area contributed by atoms with Crippen LogP contribution in [0, 0.1) is 11.3 Å². The van der Waals surface area contributed by atoms with Crippen molar-refractivity contribution < 1.29 is 23.9 Å². The van der Waals surface area contributed by atoms with E-state index in [1.165, 1.54) is 29.2 Å². The topological polar surface area (TPSA) is 118 Å². The smallest absolute Gasteiger partial charge is 0.371 e. The molecule has 3 amide bonds. The fourth-order valence-corrected chi connectivity index (χ4v) is 5.73. The van der Waals surface area contributed by atoms with Crippen molar-refractivity contribution in [1.82, 2.24) is 9.80 Å². The molecule has 3 aromatic rings. The summed E-state index contributed by atoms with van der Waals surface area (Å²) in [5.41, 5.74) is 0.251. The number of halogens is 2. The lowest BCUT2D eigenvalue weighted by atomic mass is 9.80. The van der Waals surface area contributed by atoms with E-state index in [0.29, 0.717) is 17.9 Å². The van der Waals surface area contributed by atoms with Crippen molar-refractivity contribution in [2.24, 2.45) is 0 Å². The molecular weight excluding hydrogens is 519 g/mol. The highest BCUT2D eigenvalue weighted by Crippen LogP contribution is 2.47. The zero-order valence-corrected chi connectivity index (χ0v) is 21.0. The van der Waals surface area contributed by atoms with Crippen LogP contribution >= 0.6 is 23.2 Å². The Morgan fingerprint density at radius 1 is 1.14 bits per heavy atom. The normalized spacial score (nSPS) is 21.7. The molecule has 3 heterocycles. The Kier molecular flexibility index (Phi) is 6.20. The van der Waals surface area contributed by atoms with Crippen molar-refractivity contribution in [2.45, 2.75) is 18.0 Å². The van der Waals surface area contributed by atoms with Gasteiger partial charge in [-0.3, -0.25) is 9.69 Å². The number of rotatable bonds is 5. The number of imide groups is 1. The summed E-state index contributed by atoms with van der Waals surface area (Å²) in [6.07, 6.45) is 0. The van der Waals surface area contributed by atoms with Crippen LogP contribution in [0.3, 0.4) is 0 Å².